The summed E-state index contributed by atoms with van der Waals surface area (Å²) in [4.78, 5) is 11.8. The van der Waals surface area contributed by atoms with E-state index in [1.807, 2.05) is 6.07 Å². The van der Waals surface area contributed by atoms with Crippen LogP contribution in [0.25, 0.3) is 12.2 Å². The number of methoxy groups -OCH3 is 1. The molecule has 2 N–H and O–H groups in total. The normalized spacial score (nSPS) is 11.5. The first-order valence-electron chi connectivity index (χ1n) is 7.31. The second-order valence-corrected chi connectivity index (χ2v) is 4.98. The molecule has 0 aromatic heterocycles. The molecule has 4 heteroatoms. The molecule has 0 saturated heterocycles. The van der Waals surface area contributed by atoms with Crippen molar-refractivity contribution in [1.29, 1.82) is 0 Å². The molecule has 0 amide bonds. The van der Waals surface area contributed by atoms with Gasteiger partial charge in [0.2, 0.25) is 0 Å². The first-order chi connectivity index (χ1) is 11.6. The van der Waals surface area contributed by atoms with Crippen LogP contribution in [-0.4, -0.2) is 23.1 Å². The maximum Gasteiger partial charge on any atom is 0.178 e. The molecule has 2 rings (SSSR count). The number of carbonyl (C=O) groups excluding carboxylic acids is 1. The lowest BCUT2D eigenvalue weighted by atomic mass is 10.1. The Morgan fingerprint density at radius 3 is 2.46 bits per heavy atom. The lowest BCUT2D eigenvalue weighted by Gasteiger charge is -2.02. The maximum absolute atomic E-state index is 11.8. The highest BCUT2D eigenvalue weighted by Gasteiger charge is 2.00. The largest absolute Gasteiger partial charge is 0.508 e. The Balaban J connectivity index is 1.93. The fraction of sp³-hybridized carbons (Fsp3) is 0.0500. The van der Waals surface area contributed by atoms with Crippen LogP contribution in [0.1, 0.15) is 11.1 Å². The van der Waals surface area contributed by atoms with Crippen molar-refractivity contribution in [2.45, 2.75) is 0 Å². The van der Waals surface area contributed by atoms with E-state index in [9.17, 15) is 15.0 Å². The predicted molar refractivity (Wildman–Crippen MR) is 95.0 cm³/mol. The van der Waals surface area contributed by atoms with Crippen LogP contribution in [0.15, 0.2) is 66.8 Å². The minimum atomic E-state index is -0.175. The van der Waals surface area contributed by atoms with Crippen molar-refractivity contribution < 1.29 is 19.7 Å². The van der Waals surface area contributed by atoms with Crippen molar-refractivity contribution in [1.82, 2.24) is 0 Å². The molecule has 0 aliphatic rings. The van der Waals surface area contributed by atoms with Gasteiger partial charge in [0.25, 0.3) is 0 Å². The van der Waals surface area contributed by atoms with Crippen molar-refractivity contribution in [2.75, 3.05) is 7.11 Å². The Kier molecular flexibility index (Phi) is 5.97. The third-order valence-corrected chi connectivity index (χ3v) is 3.17. The number of allylic oxidation sites excluding steroid dienone is 4. The molecule has 0 aliphatic heterocycles. The summed E-state index contributed by atoms with van der Waals surface area (Å²) in [5.41, 5.74) is 1.54. The summed E-state index contributed by atoms with van der Waals surface area (Å²) in [6.07, 6.45) is 9.60. The van der Waals surface area contributed by atoms with Crippen LogP contribution in [0, 0.1) is 0 Å². The van der Waals surface area contributed by atoms with Crippen LogP contribution in [-0.2, 0) is 4.79 Å². The summed E-state index contributed by atoms with van der Waals surface area (Å²) in [6, 6.07) is 11.7. The molecular formula is C20H18O4. The zero-order valence-electron chi connectivity index (χ0n) is 13.2. The fourth-order valence-electron chi connectivity index (χ4n) is 1.99. The summed E-state index contributed by atoms with van der Waals surface area (Å²) < 4.78 is 4.96. The molecule has 122 valence electrons. The molecule has 0 radical (unpaired) electrons. The molecule has 0 atom stereocenters. The van der Waals surface area contributed by atoms with Crippen LogP contribution >= 0.6 is 0 Å². The third kappa shape index (κ3) is 5.18. The van der Waals surface area contributed by atoms with Gasteiger partial charge in [-0.3, -0.25) is 4.79 Å². The van der Waals surface area contributed by atoms with E-state index in [0.717, 1.165) is 5.56 Å². The molecule has 2 aromatic rings. The smallest absolute Gasteiger partial charge is 0.178 e. The number of hydrogen-bond acceptors (Lipinski definition) is 4. The molecule has 24 heavy (non-hydrogen) atoms. The number of hydrogen-bond donors (Lipinski definition) is 2. The molecule has 0 aliphatic carbocycles. The van der Waals surface area contributed by atoms with Gasteiger partial charge in [0, 0.05) is 0 Å². The molecule has 2 aromatic carbocycles. The Bertz CT molecular complexity index is 801. The third-order valence-electron chi connectivity index (χ3n) is 3.17. The van der Waals surface area contributed by atoms with E-state index in [1.54, 1.807) is 54.6 Å². The predicted octanol–water partition coefficient (Wildman–Crippen LogP) is 3.96. The van der Waals surface area contributed by atoms with Crippen LogP contribution in [0.3, 0.4) is 0 Å². The first-order valence-corrected chi connectivity index (χ1v) is 7.31. The average Bonchev–Trinajstić information content (AvgIpc) is 2.57. The monoisotopic (exact) mass is 322 g/mol. The van der Waals surface area contributed by atoms with Gasteiger partial charge in [0.1, 0.15) is 5.75 Å². The Hall–Kier alpha value is -3.27. The highest BCUT2D eigenvalue weighted by molar-refractivity contribution is 6.02. The van der Waals surface area contributed by atoms with Gasteiger partial charge >= 0.3 is 0 Å². The van der Waals surface area contributed by atoms with E-state index in [0.29, 0.717) is 11.3 Å². The summed E-state index contributed by atoms with van der Waals surface area (Å²) >= 11 is 0. The summed E-state index contributed by atoms with van der Waals surface area (Å²) in [7, 11) is 1.48. The Morgan fingerprint density at radius 1 is 0.958 bits per heavy atom. The number of phenols is 2. The lowest BCUT2D eigenvalue weighted by Crippen LogP contribution is -1.86. The van der Waals surface area contributed by atoms with Crippen molar-refractivity contribution in [3.05, 3.63) is 77.9 Å². The fourth-order valence-corrected chi connectivity index (χ4v) is 1.99. The van der Waals surface area contributed by atoms with Crippen LogP contribution < -0.4 is 4.74 Å². The van der Waals surface area contributed by atoms with Crippen molar-refractivity contribution in [3.63, 3.8) is 0 Å². The van der Waals surface area contributed by atoms with Gasteiger partial charge in [0.15, 0.2) is 17.3 Å². The van der Waals surface area contributed by atoms with E-state index in [4.69, 9.17) is 4.74 Å². The van der Waals surface area contributed by atoms with Crippen LogP contribution in [0.2, 0.25) is 0 Å². The number of ketones is 1. The van der Waals surface area contributed by atoms with Gasteiger partial charge in [-0.25, -0.2) is 0 Å². The van der Waals surface area contributed by atoms with Crippen molar-refractivity contribution in [2.24, 2.45) is 0 Å². The van der Waals surface area contributed by atoms with Crippen molar-refractivity contribution in [3.8, 4) is 17.2 Å². The van der Waals surface area contributed by atoms with Crippen molar-refractivity contribution >= 4 is 17.9 Å². The number of benzene rings is 2. The molecule has 0 heterocycles. The molecule has 0 fully saturated rings. The quantitative estimate of drug-likeness (QED) is 0.624. The maximum atomic E-state index is 11.8. The Labute approximate surface area is 140 Å². The van der Waals surface area contributed by atoms with E-state index >= 15 is 0 Å². The number of rotatable bonds is 6. The highest BCUT2D eigenvalue weighted by Crippen LogP contribution is 2.26. The van der Waals surface area contributed by atoms with Gasteiger partial charge in [-0.15, -0.1) is 0 Å². The SMILES string of the molecule is COc1ccc(/C=C/C(=O)/C=C/C=C/c2cccc(O)c2)cc1O. The molecule has 4 nitrogen and oxygen atoms in total. The van der Waals surface area contributed by atoms with E-state index in [2.05, 4.69) is 0 Å². The molecule has 0 unspecified atom stereocenters. The second kappa shape index (κ2) is 8.39. The molecule has 0 spiro atoms. The summed E-state index contributed by atoms with van der Waals surface area (Å²) in [5.74, 6) is 0.431. The van der Waals surface area contributed by atoms with E-state index in [1.165, 1.54) is 25.3 Å². The van der Waals surface area contributed by atoms with Crippen LogP contribution in [0.5, 0.6) is 17.2 Å². The molecular weight excluding hydrogens is 304 g/mol. The first kappa shape index (κ1) is 17.1. The summed E-state index contributed by atoms with van der Waals surface area (Å²) in [6.45, 7) is 0. The molecule has 0 saturated carbocycles. The van der Waals surface area contributed by atoms with E-state index in [-0.39, 0.29) is 17.3 Å². The van der Waals surface area contributed by atoms with Gasteiger partial charge in [-0.05, 0) is 47.5 Å². The van der Waals surface area contributed by atoms with Gasteiger partial charge < -0.3 is 14.9 Å². The highest BCUT2D eigenvalue weighted by atomic mass is 16.5. The number of ether oxygens (including phenoxy) is 1. The van der Waals surface area contributed by atoms with Gasteiger partial charge in [-0.2, -0.15) is 0 Å². The summed E-state index contributed by atoms with van der Waals surface area (Å²) in [5, 5.41) is 19.0. The number of carbonyl (C=O) groups is 1. The average molecular weight is 322 g/mol. The Morgan fingerprint density at radius 2 is 1.75 bits per heavy atom. The second-order valence-electron chi connectivity index (χ2n) is 4.98. The van der Waals surface area contributed by atoms with E-state index < -0.39 is 0 Å². The molecule has 0 bridgehead atoms. The van der Waals surface area contributed by atoms with Crippen LogP contribution in [0.4, 0.5) is 0 Å². The standard InChI is InChI=1S/C20H18O4/c1-24-20-12-10-16(14-19(20)23)9-11-17(21)7-3-2-5-15-6-4-8-18(22)13-15/h2-14,22-23H,1H3/b5-2+,7-3+,11-9+. The van der Waals surface area contributed by atoms with Gasteiger partial charge in [0.05, 0.1) is 7.11 Å². The minimum Gasteiger partial charge on any atom is -0.508 e. The number of phenolic OH excluding ortho intramolecular Hbond substituents is 2. The van der Waals surface area contributed by atoms with Gasteiger partial charge in [-0.1, -0.05) is 42.5 Å². The zero-order chi connectivity index (χ0) is 17.4. The topological polar surface area (TPSA) is 66.8 Å². The lowest BCUT2D eigenvalue weighted by molar-refractivity contribution is -0.110. The zero-order valence-corrected chi connectivity index (χ0v) is 13.2. The number of aromatic hydroxyl groups is 2. The minimum absolute atomic E-state index is 0.0247.